The molecule has 104 valence electrons. The van der Waals surface area contributed by atoms with E-state index in [0.717, 1.165) is 11.3 Å². The van der Waals surface area contributed by atoms with E-state index in [9.17, 15) is 5.11 Å². The Labute approximate surface area is 119 Å². The van der Waals surface area contributed by atoms with Gasteiger partial charge in [-0.25, -0.2) is 4.99 Å². The highest BCUT2D eigenvalue weighted by molar-refractivity contribution is 5.92. The summed E-state index contributed by atoms with van der Waals surface area (Å²) in [4.78, 5) is 4.26. The molecule has 0 heterocycles. The van der Waals surface area contributed by atoms with Crippen molar-refractivity contribution in [2.24, 2.45) is 10.7 Å². The molecular formula is C16H19N3O. The lowest BCUT2D eigenvalue weighted by molar-refractivity contribution is 0.474. The summed E-state index contributed by atoms with van der Waals surface area (Å²) in [6, 6.07) is 13.1. The molecule has 0 aliphatic heterocycles. The van der Waals surface area contributed by atoms with Gasteiger partial charge in [0.05, 0.1) is 6.54 Å². The van der Waals surface area contributed by atoms with Crippen molar-refractivity contribution in [3.63, 3.8) is 0 Å². The molecule has 0 fully saturated rings. The van der Waals surface area contributed by atoms with E-state index in [0.29, 0.717) is 12.5 Å². The maximum atomic E-state index is 9.38. The van der Waals surface area contributed by atoms with Gasteiger partial charge in [0.2, 0.25) is 0 Å². The molecule has 0 aromatic heterocycles. The summed E-state index contributed by atoms with van der Waals surface area (Å²) < 4.78 is 0. The number of anilines is 1. The summed E-state index contributed by atoms with van der Waals surface area (Å²) in [5.41, 5.74) is 10.1. The molecule has 20 heavy (non-hydrogen) atoms. The Hall–Kier alpha value is -2.49. The monoisotopic (exact) mass is 269 g/mol. The van der Waals surface area contributed by atoms with Crippen LogP contribution >= 0.6 is 0 Å². The van der Waals surface area contributed by atoms with Gasteiger partial charge in [-0.3, -0.25) is 0 Å². The van der Waals surface area contributed by atoms with Crippen LogP contribution in [0.25, 0.3) is 0 Å². The van der Waals surface area contributed by atoms with Crippen LogP contribution in [0.2, 0.25) is 0 Å². The van der Waals surface area contributed by atoms with Crippen LogP contribution < -0.4 is 11.1 Å². The van der Waals surface area contributed by atoms with E-state index in [4.69, 9.17) is 5.73 Å². The summed E-state index contributed by atoms with van der Waals surface area (Å²) in [7, 11) is 0. The van der Waals surface area contributed by atoms with Gasteiger partial charge in [0.25, 0.3) is 0 Å². The van der Waals surface area contributed by atoms with Crippen molar-refractivity contribution in [2.45, 2.75) is 20.4 Å². The molecule has 4 N–H and O–H groups in total. The minimum Gasteiger partial charge on any atom is -0.508 e. The Morgan fingerprint density at radius 2 is 1.85 bits per heavy atom. The number of nitrogens with zero attached hydrogens (tertiary/aromatic N) is 1. The van der Waals surface area contributed by atoms with Gasteiger partial charge >= 0.3 is 0 Å². The summed E-state index contributed by atoms with van der Waals surface area (Å²) in [6.07, 6.45) is 0. The molecule has 2 rings (SSSR count). The first-order valence-corrected chi connectivity index (χ1v) is 6.46. The summed E-state index contributed by atoms with van der Waals surface area (Å²) in [5, 5.41) is 12.5. The van der Waals surface area contributed by atoms with Crippen molar-refractivity contribution >= 4 is 11.6 Å². The van der Waals surface area contributed by atoms with Crippen LogP contribution in [0.3, 0.4) is 0 Å². The molecule has 2 aromatic rings. The Bertz CT molecular complexity index is 615. The zero-order chi connectivity index (χ0) is 14.5. The van der Waals surface area contributed by atoms with E-state index >= 15 is 0 Å². The van der Waals surface area contributed by atoms with E-state index in [1.54, 1.807) is 18.2 Å². The number of aliphatic imine (C=N–C) groups is 1. The number of rotatable bonds is 3. The molecule has 0 aliphatic carbocycles. The number of guanidine groups is 1. The van der Waals surface area contributed by atoms with Crippen molar-refractivity contribution in [3.8, 4) is 5.75 Å². The quantitative estimate of drug-likeness (QED) is 0.592. The van der Waals surface area contributed by atoms with Gasteiger partial charge in [0.15, 0.2) is 5.96 Å². The standard InChI is InChI=1S/C16H19N3O/c1-11-6-12(2)8-14(7-11)19-16(17)18-10-13-4-3-5-15(20)9-13/h3-9,20H,10H2,1-2H3,(H3,17,18,19). The van der Waals surface area contributed by atoms with Crippen LogP contribution in [-0.4, -0.2) is 11.1 Å². The number of hydrogen-bond donors (Lipinski definition) is 3. The SMILES string of the molecule is Cc1cc(C)cc(NC(N)=NCc2cccc(O)c2)c1. The molecule has 0 amide bonds. The second-order valence-electron chi connectivity index (χ2n) is 4.87. The fourth-order valence-electron chi connectivity index (χ4n) is 2.07. The molecule has 4 heteroatoms. The Morgan fingerprint density at radius 1 is 1.15 bits per heavy atom. The first-order chi connectivity index (χ1) is 9.52. The maximum absolute atomic E-state index is 9.38. The zero-order valence-corrected chi connectivity index (χ0v) is 11.7. The lowest BCUT2D eigenvalue weighted by Crippen LogP contribution is -2.22. The first kappa shape index (κ1) is 13.9. The maximum Gasteiger partial charge on any atom is 0.193 e. The molecule has 0 radical (unpaired) electrons. The lowest BCUT2D eigenvalue weighted by Gasteiger charge is -2.08. The van der Waals surface area contributed by atoms with Gasteiger partial charge < -0.3 is 16.2 Å². The predicted molar refractivity (Wildman–Crippen MR) is 83.0 cm³/mol. The van der Waals surface area contributed by atoms with Crippen LogP contribution in [-0.2, 0) is 6.54 Å². The molecule has 0 atom stereocenters. The smallest absolute Gasteiger partial charge is 0.193 e. The minimum absolute atomic E-state index is 0.235. The molecule has 0 bridgehead atoms. The molecule has 0 spiro atoms. The predicted octanol–water partition coefficient (Wildman–Crippen LogP) is 2.94. The highest BCUT2D eigenvalue weighted by atomic mass is 16.3. The Morgan fingerprint density at radius 3 is 2.50 bits per heavy atom. The number of nitrogens with two attached hydrogens (primary N) is 1. The van der Waals surface area contributed by atoms with E-state index < -0.39 is 0 Å². The number of benzene rings is 2. The number of phenols is 1. The van der Waals surface area contributed by atoms with Crippen LogP contribution in [0.4, 0.5) is 5.69 Å². The molecule has 0 saturated carbocycles. The summed E-state index contributed by atoms with van der Waals surface area (Å²) in [5.74, 6) is 0.594. The van der Waals surface area contributed by atoms with Gasteiger partial charge in [-0.05, 0) is 54.8 Å². The first-order valence-electron chi connectivity index (χ1n) is 6.46. The molecule has 0 aliphatic rings. The molecule has 0 saturated heterocycles. The number of phenolic OH excluding ortho intramolecular Hbond substituents is 1. The van der Waals surface area contributed by atoms with Crippen LogP contribution in [0.5, 0.6) is 5.75 Å². The van der Waals surface area contributed by atoms with Gasteiger partial charge in [-0.1, -0.05) is 18.2 Å². The van der Waals surface area contributed by atoms with Crippen molar-refractivity contribution in [3.05, 3.63) is 59.2 Å². The van der Waals surface area contributed by atoms with Crippen LogP contribution in [0, 0.1) is 13.8 Å². The van der Waals surface area contributed by atoms with Gasteiger partial charge in [0, 0.05) is 5.69 Å². The number of aromatic hydroxyl groups is 1. The average Bonchev–Trinajstić information content (AvgIpc) is 2.35. The van der Waals surface area contributed by atoms with Gasteiger partial charge in [-0.15, -0.1) is 0 Å². The summed E-state index contributed by atoms with van der Waals surface area (Å²) in [6.45, 7) is 4.51. The third-order valence-electron chi connectivity index (χ3n) is 2.84. The fourth-order valence-corrected chi connectivity index (χ4v) is 2.07. The highest BCUT2D eigenvalue weighted by Crippen LogP contribution is 2.14. The van der Waals surface area contributed by atoms with E-state index in [-0.39, 0.29) is 5.75 Å². The topological polar surface area (TPSA) is 70.6 Å². The molecular weight excluding hydrogens is 250 g/mol. The van der Waals surface area contributed by atoms with Crippen LogP contribution in [0.1, 0.15) is 16.7 Å². The number of nitrogens with one attached hydrogen (secondary N) is 1. The van der Waals surface area contributed by atoms with Gasteiger partial charge in [-0.2, -0.15) is 0 Å². The largest absolute Gasteiger partial charge is 0.508 e. The van der Waals surface area contributed by atoms with E-state index in [1.807, 2.05) is 32.0 Å². The van der Waals surface area contributed by atoms with Gasteiger partial charge in [0.1, 0.15) is 5.75 Å². The van der Waals surface area contributed by atoms with E-state index in [2.05, 4.69) is 16.4 Å². The molecule has 4 nitrogen and oxygen atoms in total. The van der Waals surface area contributed by atoms with Crippen LogP contribution in [0.15, 0.2) is 47.5 Å². The normalized spacial score (nSPS) is 11.4. The Balaban J connectivity index is 2.04. The zero-order valence-electron chi connectivity index (χ0n) is 11.7. The Kier molecular flexibility index (Phi) is 4.25. The van der Waals surface area contributed by atoms with Crippen molar-refractivity contribution < 1.29 is 5.11 Å². The highest BCUT2D eigenvalue weighted by Gasteiger charge is 1.98. The molecule has 2 aromatic carbocycles. The minimum atomic E-state index is 0.235. The van der Waals surface area contributed by atoms with Crippen molar-refractivity contribution in [1.29, 1.82) is 0 Å². The fraction of sp³-hybridized carbons (Fsp3) is 0.188. The number of hydrogen-bond acceptors (Lipinski definition) is 2. The lowest BCUT2D eigenvalue weighted by atomic mass is 10.1. The third kappa shape index (κ3) is 4.02. The molecule has 0 unspecified atom stereocenters. The summed E-state index contributed by atoms with van der Waals surface area (Å²) >= 11 is 0. The van der Waals surface area contributed by atoms with Crippen molar-refractivity contribution in [2.75, 3.05) is 5.32 Å². The third-order valence-corrected chi connectivity index (χ3v) is 2.84. The second kappa shape index (κ2) is 6.10. The van der Waals surface area contributed by atoms with E-state index in [1.165, 1.54) is 11.1 Å². The second-order valence-corrected chi connectivity index (χ2v) is 4.87. The average molecular weight is 269 g/mol. The van der Waals surface area contributed by atoms with Crippen molar-refractivity contribution in [1.82, 2.24) is 0 Å². The number of aryl methyl sites for hydroxylation is 2.